The molecule has 0 aromatic rings. The summed E-state index contributed by atoms with van der Waals surface area (Å²) >= 11 is 0. The molecule has 118 valence electrons. The lowest BCUT2D eigenvalue weighted by Gasteiger charge is -2.02. The van der Waals surface area contributed by atoms with Crippen molar-refractivity contribution in [1.29, 1.82) is 5.39 Å². The Morgan fingerprint density at radius 2 is 0.950 bits per heavy atom. The molecule has 0 fully saturated rings. The Morgan fingerprint density at radius 1 is 0.600 bits per heavy atom. The molecule has 0 heterocycles. The molecule has 0 aromatic carbocycles. The zero-order valence-electron chi connectivity index (χ0n) is 13.7. The summed E-state index contributed by atoms with van der Waals surface area (Å²) in [7, 11) is 0. The SMILES string of the molecule is CCCCCCCCCCCCCCCCCN[N+]#N. The smallest absolute Gasteiger partial charge is 0.0654 e. The van der Waals surface area contributed by atoms with Crippen LogP contribution in [0.25, 0.3) is 5.08 Å². The highest BCUT2D eigenvalue weighted by Gasteiger charge is 1.95. The van der Waals surface area contributed by atoms with Crippen molar-refractivity contribution >= 4 is 0 Å². The number of nitrogens with one attached hydrogen (secondary N) is 1. The molecule has 3 heteroatoms. The van der Waals surface area contributed by atoms with Crippen LogP contribution in [0.15, 0.2) is 0 Å². The average molecular weight is 282 g/mol. The van der Waals surface area contributed by atoms with Gasteiger partial charge < -0.3 is 0 Å². The molecule has 0 atom stereocenters. The van der Waals surface area contributed by atoms with E-state index in [1.807, 2.05) is 0 Å². The van der Waals surface area contributed by atoms with Crippen LogP contribution < -0.4 is 5.43 Å². The second kappa shape index (κ2) is 18.2. The third-order valence-electron chi connectivity index (χ3n) is 3.96. The van der Waals surface area contributed by atoms with Gasteiger partial charge in [-0.3, -0.25) is 0 Å². The van der Waals surface area contributed by atoms with Crippen LogP contribution >= 0.6 is 0 Å². The molecule has 0 aliphatic heterocycles. The molecule has 20 heavy (non-hydrogen) atoms. The van der Waals surface area contributed by atoms with Gasteiger partial charge in [0.05, 0.1) is 6.54 Å². The Labute approximate surface area is 126 Å². The van der Waals surface area contributed by atoms with Crippen LogP contribution in [0, 0.1) is 5.39 Å². The van der Waals surface area contributed by atoms with Crippen LogP contribution in [-0.4, -0.2) is 6.54 Å². The fourth-order valence-electron chi connectivity index (χ4n) is 2.63. The fraction of sp³-hybridized carbons (Fsp3) is 1.00. The normalized spacial score (nSPS) is 10.4. The highest BCUT2D eigenvalue weighted by molar-refractivity contribution is 4.51. The number of nitrogens with zero attached hydrogens (tertiary/aromatic N) is 2. The van der Waals surface area contributed by atoms with Crippen LogP contribution in [0.1, 0.15) is 103 Å². The van der Waals surface area contributed by atoms with Gasteiger partial charge in [-0.2, -0.15) is 0 Å². The van der Waals surface area contributed by atoms with E-state index in [1.165, 1.54) is 89.9 Å². The molecule has 0 spiro atoms. The van der Waals surface area contributed by atoms with E-state index < -0.39 is 0 Å². The molecule has 0 rings (SSSR count). The summed E-state index contributed by atoms with van der Waals surface area (Å²) in [6, 6.07) is 0. The van der Waals surface area contributed by atoms with Gasteiger partial charge in [0, 0.05) is 0 Å². The third kappa shape index (κ3) is 17.2. The van der Waals surface area contributed by atoms with Crippen molar-refractivity contribution in [2.24, 2.45) is 0 Å². The maximum atomic E-state index is 8.20. The first-order chi connectivity index (χ1) is 9.91. The lowest BCUT2D eigenvalue weighted by molar-refractivity contribution is 0.531. The Morgan fingerprint density at radius 3 is 1.30 bits per heavy atom. The van der Waals surface area contributed by atoms with Crippen LogP contribution in [0.3, 0.4) is 0 Å². The minimum Gasteiger partial charge on any atom is -0.0654 e. The third-order valence-corrected chi connectivity index (χ3v) is 3.96. The molecular formula is C17H36N3+. The van der Waals surface area contributed by atoms with Crippen molar-refractivity contribution in [3.8, 4) is 0 Å². The second-order valence-corrected chi connectivity index (χ2v) is 5.96. The van der Waals surface area contributed by atoms with Crippen molar-refractivity contribution in [3.05, 3.63) is 5.08 Å². The predicted molar refractivity (Wildman–Crippen MR) is 88.0 cm³/mol. The molecule has 0 saturated heterocycles. The van der Waals surface area contributed by atoms with Gasteiger partial charge in [0.15, 0.2) is 0 Å². The molecule has 3 nitrogen and oxygen atoms in total. The minimum atomic E-state index is 0.800. The van der Waals surface area contributed by atoms with Crippen LogP contribution in [-0.2, 0) is 0 Å². The maximum Gasteiger partial charge on any atom is 0.302 e. The number of hydrogen-bond acceptors (Lipinski definition) is 2. The molecule has 0 saturated carbocycles. The lowest BCUT2D eigenvalue weighted by atomic mass is 10.0. The maximum absolute atomic E-state index is 8.20. The molecule has 0 bridgehead atoms. The molecule has 0 aliphatic rings. The summed E-state index contributed by atoms with van der Waals surface area (Å²) in [6.07, 6.45) is 20.8. The zero-order valence-corrected chi connectivity index (χ0v) is 13.7. The molecule has 0 aromatic heterocycles. The fourth-order valence-corrected chi connectivity index (χ4v) is 2.63. The van der Waals surface area contributed by atoms with Gasteiger partial charge in [-0.15, -0.1) is 0 Å². The van der Waals surface area contributed by atoms with Gasteiger partial charge >= 0.3 is 5.08 Å². The van der Waals surface area contributed by atoms with E-state index >= 15 is 0 Å². The first-order valence-electron chi connectivity index (χ1n) is 8.98. The summed E-state index contributed by atoms with van der Waals surface area (Å²) in [4.78, 5) is 0. The largest absolute Gasteiger partial charge is 0.302 e. The first kappa shape index (κ1) is 19.2. The molecule has 0 unspecified atom stereocenters. The highest BCUT2D eigenvalue weighted by Crippen LogP contribution is 2.13. The Balaban J connectivity index is 2.91. The quantitative estimate of drug-likeness (QED) is 0.207. The topological polar surface area (TPSA) is 40.2 Å². The number of hydrogen-bond donors (Lipinski definition) is 1. The van der Waals surface area contributed by atoms with Gasteiger partial charge in [0.25, 0.3) is 5.39 Å². The van der Waals surface area contributed by atoms with E-state index in [0.717, 1.165) is 13.0 Å². The molecule has 0 aliphatic carbocycles. The van der Waals surface area contributed by atoms with Gasteiger partial charge in [0.2, 0.25) is 0 Å². The van der Waals surface area contributed by atoms with Gasteiger partial charge in [0.1, 0.15) is 0 Å². The molecule has 0 radical (unpaired) electrons. The summed E-state index contributed by atoms with van der Waals surface area (Å²) in [5, 5.41) is 11.1. The minimum absolute atomic E-state index is 0.800. The van der Waals surface area contributed by atoms with E-state index in [1.54, 1.807) is 0 Å². The monoisotopic (exact) mass is 282 g/mol. The van der Waals surface area contributed by atoms with E-state index in [0.29, 0.717) is 0 Å². The van der Waals surface area contributed by atoms with Gasteiger partial charge in [-0.05, 0) is 11.8 Å². The molecular weight excluding hydrogens is 246 g/mol. The standard InChI is InChI=1S/C17H36N3/c1-2-3-4-5-6-7-8-9-10-11-12-13-14-15-16-17-19-20-18/h19H,2-17H2,1H3/q+1. The van der Waals surface area contributed by atoms with E-state index in [2.05, 4.69) is 17.4 Å². The molecule has 0 amide bonds. The van der Waals surface area contributed by atoms with Crippen LogP contribution in [0.4, 0.5) is 0 Å². The predicted octanol–water partition coefficient (Wildman–Crippen LogP) is 6.22. The zero-order chi connectivity index (χ0) is 14.7. The molecule has 1 N–H and O–H groups in total. The Bertz CT molecular complexity index is 211. The lowest BCUT2D eigenvalue weighted by Crippen LogP contribution is -2.03. The Kier molecular flexibility index (Phi) is 17.5. The van der Waals surface area contributed by atoms with Gasteiger partial charge in [-0.25, -0.2) is 0 Å². The van der Waals surface area contributed by atoms with Crippen molar-refractivity contribution in [2.75, 3.05) is 6.54 Å². The van der Waals surface area contributed by atoms with Crippen LogP contribution in [0.2, 0.25) is 0 Å². The first-order valence-corrected chi connectivity index (χ1v) is 8.98. The van der Waals surface area contributed by atoms with Crippen molar-refractivity contribution < 1.29 is 0 Å². The van der Waals surface area contributed by atoms with Crippen molar-refractivity contribution in [3.63, 3.8) is 0 Å². The summed E-state index contributed by atoms with van der Waals surface area (Å²) in [5.74, 6) is 0. The van der Waals surface area contributed by atoms with E-state index in [4.69, 9.17) is 5.39 Å². The number of unbranched alkanes of at least 4 members (excludes halogenated alkanes) is 14. The number of diazo groups is 1. The number of rotatable bonds is 16. The summed E-state index contributed by atoms with van der Waals surface area (Å²) in [6.45, 7) is 3.08. The summed E-state index contributed by atoms with van der Waals surface area (Å²) in [5.41, 5.74) is 2.58. The Hall–Kier alpha value is -0.780. The van der Waals surface area contributed by atoms with Crippen molar-refractivity contribution in [1.82, 2.24) is 5.43 Å². The highest BCUT2D eigenvalue weighted by atomic mass is 15.3. The van der Waals surface area contributed by atoms with E-state index in [9.17, 15) is 0 Å². The van der Waals surface area contributed by atoms with E-state index in [-0.39, 0.29) is 0 Å². The van der Waals surface area contributed by atoms with Gasteiger partial charge in [-0.1, -0.05) is 96.8 Å². The van der Waals surface area contributed by atoms with Crippen molar-refractivity contribution in [2.45, 2.75) is 103 Å². The van der Waals surface area contributed by atoms with Crippen LogP contribution in [0.5, 0.6) is 0 Å². The summed E-state index contributed by atoms with van der Waals surface area (Å²) < 4.78 is 0. The second-order valence-electron chi connectivity index (χ2n) is 5.96. The average Bonchev–Trinajstić information content (AvgIpc) is 2.47.